The van der Waals surface area contributed by atoms with Crippen LogP contribution in [0.4, 0.5) is 19.6 Å². The molecule has 2 aliphatic heterocycles. The van der Waals surface area contributed by atoms with Gasteiger partial charge in [0.15, 0.2) is 23.3 Å². The molecular weight excluding hydrogens is 723 g/mol. The molecular formula is C37H44F2N8O6S. The van der Waals surface area contributed by atoms with Crippen molar-refractivity contribution >= 4 is 50.8 Å². The zero-order valence-corrected chi connectivity index (χ0v) is 30.7. The molecule has 0 spiro atoms. The largest absolute Gasteiger partial charge is 0.480 e. The Hall–Kier alpha value is -5.03. The van der Waals surface area contributed by atoms with Crippen LogP contribution in [-0.4, -0.2) is 83.7 Å². The van der Waals surface area contributed by atoms with Gasteiger partial charge in [0, 0.05) is 49.2 Å². The average Bonchev–Trinajstić information content (AvgIpc) is 3.67. The lowest BCUT2D eigenvalue weighted by Crippen LogP contribution is -2.45. The number of unbranched alkanes of at least 4 members (excludes halogenated alkanes) is 7. The van der Waals surface area contributed by atoms with Gasteiger partial charge in [0.25, 0.3) is 17.4 Å². The number of thiazole rings is 1. The lowest BCUT2D eigenvalue weighted by atomic mass is 10.1. The Bertz CT molecular complexity index is 2000. The maximum atomic E-state index is 14.8. The van der Waals surface area contributed by atoms with E-state index in [0.717, 1.165) is 79.5 Å². The van der Waals surface area contributed by atoms with Gasteiger partial charge < -0.3 is 25.0 Å². The van der Waals surface area contributed by atoms with E-state index in [0.29, 0.717) is 49.4 Å². The third-order valence-electron chi connectivity index (χ3n) is 9.39. The maximum absolute atomic E-state index is 14.8. The first-order chi connectivity index (χ1) is 26.3. The Labute approximate surface area is 314 Å². The van der Waals surface area contributed by atoms with Crippen LogP contribution in [0.15, 0.2) is 40.5 Å². The molecule has 1 unspecified atom stereocenters. The molecule has 288 valence electrons. The molecule has 2 aromatic heterocycles. The molecule has 2 aromatic carbocycles. The van der Waals surface area contributed by atoms with Crippen molar-refractivity contribution in [3.8, 4) is 17.0 Å². The second-order valence-corrected chi connectivity index (χ2v) is 14.1. The van der Waals surface area contributed by atoms with Crippen LogP contribution in [0.1, 0.15) is 70.3 Å². The van der Waals surface area contributed by atoms with Gasteiger partial charge in [-0.1, -0.05) is 43.7 Å². The summed E-state index contributed by atoms with van der Waals surface area (Å²) in [5.74, 6) is -3.87. The van der Waals surface area contributed by atoms with E-state index in [2.05, 4.69) is 36.1 Å². The van der Waals surface area contributed by atoms with E-state index in [4.69, 9.17) is 9.47 Å². The third-order valence-corrected chi connectivity index (χ3v) is 10.3. The number of halogens is 2. The SMILES string of the molecule is O=C(COc1c(-c2csc(N3CCOCC3)n2)ccc(F)c1F)NCCCCCCCCCCNc1ccc2nnn(C3CCC(=O)NC3=O)c(=O)c2c1. The van der Waals surface area contributed by atoms with Crippen LogP contribution in [0.5, 0.6) is 5.75 Å². The smallest absolute Gasteiger partial charge is 0.278 e. The molecule has 4 heterocycles. The molecule has 2 aliphatic rings. The van der Waals surface area contributed by atoms with Gasteiger partial charge in [0.1, 0.15) is 11.6 Å². The zero-order chi connectivity index (χ0) is 37.9. The van der Waals surface area contributed by atoms with E-state index in [1.165, 1.54) is 17.4 Å². The number of hydrogen-bond acceptors (Lipinski definition) is 12. The molecule has 3 N–H and O–H groups in total. The van der Waals surface area contributed by atoms with Crippen molar-refractivity contribution in [2.24, 2.45) is 0 Å². The van der Waals surface area contributed by atoms with Gasteiger partial charge in [-0.05, 0) is 49.6 Å². The van der Waals surface area contributed by atoms with Gasteiger partial charge in [-0.15, -0.1) is 16.4 Å². The number of piperidine rings is 1. The second kappa shape index (κ2) is 18.8. The molecule has 2 fully saturated rings. The molecule has 3 amide bonds. The van der Waals surface area contributed by atoms with E-state index in [-0.39, 0.29) is 30.1 Å². The highest BCUT2D eigenvalue weighted by Crippen LogP contribution is 2.36. The Morgan fingerprint density at radius 3 is 2.48 bits per heavy atom. The summed E-state index contributed by atoms with van der Waals surface area (Å²) in [6, 6.07) is 6.86. The first-order valence-electron chi connectivity index (χ1n) is 18.4. The topological polar surface area (TPSA) is 170 Å². The van der Waals surface area contributed by atoms with Crippen molar-refractivity contribution in [1.82, 2.24) is 30.6 Å². The summed E-state index contributed by atoms with van der Waals surface area (Å²) in [5, 5.41) is 19.3. The summed E-state index contributed by atoms with van der Waals surface area (Å²) in [7, 11) is 0. The predicted octanol–water partition coefficient (Wildman–Crippen LogP) is 4.74. The normalized spacial score (nSPS) is 16.0. The third kappa shape index (κ3) is 9.93. The lowest BCUT2D eigenvalue weighted by Gasteiger charge is -2.26. The fraction of sp³-hybridized carbons (Fsp3) is 0.486. The number of carbonyl (C=O) groups is 3. The number of imide groups is 1. The first kappa shape index (κ1) is 38.7. The number of nitrogens with one attached hydrogen (secondary N) is 3. The van der Waals surface area contributed by atoms with Crippen molar-refractivity contribution in [3.05, 3.63) is 57.7 Å². The summed E-state index contributed by atoms with van der Waals surface area (Å²) < 4.78 is 40.9. The van der Waals surface area contributed by atoms with Crippen LogP contribution in [0.2, 0.25) is 0 Å². The summed E-state index contributed by atoms with van der Waals surface area (Å²) in [5.41, 5.74) is 1.53. The minimum atomic E-state index is -1.15. The molecule has 14 nitrogen and oxygen atoms in total. The number of morpholine rings is 1. The maximum Gasteiger partial charge on any atom is 0.278 e. The molecule has 0 bridgehead atoms. The number of rotatable bonds is 18. The quantitative estimate of drug-likeness (QED) is 0.0945. The number of aromatic nitrogens is 4. The van der Waals surface area contributed by atoms with E-state index < -0.39 is 41.7 Å². The van der Waals surface area contributed by atoms with E-state index >= 15 is 0 Å². The number of benzene rings is 2. The lowest BCUT2D eigenvalue weighted by molar-refractivity contribution is -0.136. The molecule has 17 heteroatoms. The Morgan fingerprint density at radius 1 is 0.981 bits per heavy atom. The number of nitrogens with zero attached hydrogens (tertiary/aromatic N) is 5. The number of fused-ring (bicyclic) bond motifs is 1. The number of ether oxygens (including phenoxy) is 2. The van der Waals surface area contributed by atoms with Gasteiger partial charge in [0.2, 0.25) is 11.7 Å². The number of hydrogen-bond donors (Lipinski definition) is 3. The zero-order valence-electron chi connectivity index (χ0n) is 29.9. The van der Waals surface area contributed by atoms with Crippen molar-refractivity contribution in [2.45, 2.75) is 70.3 Å². The molecule has 2 saturated heterocycles. The predicted molar refractivity (Wildman–Crippen MR) is 200 cm³/mol. The Balaban J connectivity index is 0.832. The Kier molecular flexibility index (Phi) is 13.5. The molecule has 6 rings (SSSR count). The summed E-state index contributed by atoms with van der Waals surface area (Å²) in [6.07, 6.45) is 8.43. The van der Waals surface area contributed by atoms with Crippen LogP contribution >= 0.6 is 11.3 Å². The van der Waals surface area contributed by atoms with Crippen LogP contribution in [0.3, 0.4) is 0 Å². The minimum absolute atomic E-state index is 0.139. The fourth-order valence-electron chi connectivity index (χ4n) is 6.41. The molecule has 1 atom stereocenters. The van der Waals surface area contributed by atoms with Crippen molar-refractivity contribution in [1.29, 1.82) is 0 Å². The van der Waals surface area contributed by atoms with Gasteiger partial charge in [0.05, 0.1) is 24.3 Å². The van der Waals surface area contributed by atoms with Crippen LogP contribution in [-0.2, 0) is 19.1 Å². The second-order valence-electron chi connectivity index (χ2n) is 13.3. The van der Waals surface area contributed by atoms with E-state index in [1.54, 1.807) is 17.5 Å². The van der Waals surface area contributed by atoms with Gasteiger partial charge in [-0.2, -0.15) is 9.07 Å². The van der Waals surface area contributed by atoms with Gasteiger partial charge >= 0.3 is 0 Å². The molecule has 0 radical (unpaired) electrons. The van der Waals surface area contributed by atoms with Crippen molar-refractivity contribution in [3.63, 3.8) is 0 Å². The van der Waals surface area contributed by atoms with Gasteiger partial charge in [-0.25, -0.2) is 9.37 Å². The average molecular weight is 767 g/mol. The minimum Gasteiger partial charge on any atom is -0.480 e. The summed E-state index contributed by atoms with van der Waals surface area (Å²) in [4.78, 5) is 56.0. The van der Waals surface area contributed by atoms with E-state index in [9.17, 15) is 28.0 Å². The van der Waals surface area contributed by atoms with Crippen LogP contribution in [0.25, 0.3) is 22.2 Å². The van der Waals surface area contributed by atoms with Gasteiger partial charge in [-0.3, -0.25) is 24.5 Å². The fourth-order valence-corrected chi connectivity index (χ4v) is 7.29. The molecule has 4 aromatic rings. The molecule has 0 saturated carbocycles. The van der Waals surface area contributed by atoms with Crippen molar-refractivity contribution < 1.29 is 32.6 Å². The number of amides is 3. The monoisotopic (exact) mass is 766 g/mol. The molecule has 54 heavy (non-hydrogen) atoms. The number of carbonyl (C=O) groups excluding carboxylic acids is 3. The van der Waals surface area contributed by atoms with E-state index in [1.807, 2.05) is 6.07 Å². The first-order valence-corrected chi connectivity index (χ1v) is 19.3. The van der Waals surface area contributed by atoms with Crippen LogP contribution < -0.4 is 31.1 Å². The highest BCUT2D eigenvalue weighted by atomic mass is 32.1. The Morgan fingerprint density at radius 2 is 1.72 bits per heavy atom. The van der Waals surface area contributed by atoms with Crippen LogP contribution in [0, 0.1) is 11.6 Å². The highest BCUT2D eigenvalue weighted by Gasteiger charge is 2.30. The standard InChI is InChI=1S/C37H44F2N8O6S/c38-27-11-10-25(29-23-54-37(42-29)46-17-19-52-20-18-46)34(33(27)39)53-22-32(49)41-16-8-6-4-2-1-3-5-7-15-40-24-9-12-28-26(21-24)36(51)47(45-44-28)30-13-14-31(48)43-35(30)50/h9-12,21,23,30,40H,1-8,13-20,22H2,(H,41,49)(H,43,48,50). The molecule has 0 aliphatic carbocycles. The summed E-state index contributed by atoms with van der Waals surface area (Å²) >= 11 is 1.40. The summed E-state index contributed by atoms with van der Waals surface area (Å²) in [6.45, 7) is 3.36. The highest BCUT2D eigenvalue weighted by molar-refractivity contribution is 7.14. The number of anilines is 2. The van der Waals surface area contributed by atoms with Crippen molar-refractivity contribution in [2.75, 3.05) is 56.2 Å².